The third-order valence-corrected chi connectivity index (χ3v) is 7.55. The van der Waals surface area contributed by atoms with Gasteiger partial charge in [-0.3, -0.25) is 5.10 Å². The van der Waals surface area contributed by atoms with Gasteiger partial charge in [-0.2, -0.15) is 18.3 Å². The second kappa shape index (κ2) is 6.40. The van der Waals surface area contributed by atoms with Gasteiger partial charge in [0.25, 0.3) is 0 Å². The van der Waals surface area contributed by atoms with Crippen LogP contribution in [0.4, 0.5) is 18.0 Å². The number of carbonyl (C=O) groups excluding carboxylic acids is 1. The average molecular weight is 432 g/mol. The van der Waals surface area contributed by atoms with Gasteiger partial charge in [0.15, 0.2) is 5.75 Å². The zero-order valence-electron chi connectivity index (χ0n) is 16.9. The van der Waals surface area contributed by atoms with Gasteiger partial charge in [0.05, 0.1) is 23.9 Å². The number of hydrogen-bond acceptors (Lipinski definition) is 3. The van der Waals surface area contributed by atoms with E-state index in [0.717, 1.165) is 17.0 Å². The Bertz CT molecular complexity index is 1010. The maximum Gasteiger partial charge on any atom is 0.398 e. The van der Waals surface area contributed by atoms with E-state index in [-0.39, 0.29) is 36.6 Å². The molecule has 0 bridgehead atoms. The number of H-pyrrole nitrogens is 1. The smallest absolute Gasteiger partial charge is 0.398 e. The van der Waals surface area contributed by atoms with E-state index in [2.05, 4.69) is 10.2 Å². The molecule has 0 spiro atoms. The van der Waals surface area contributed by atoms with E-state index in [4.69, 9.17) is 4.74 Å². The maximum absolute atomic E-state index is 13.3. The summed E-state index contributed by atoms with van der Waals surface area (Å²) in [6, 6.07) is 6.86. The molecule has 1 aromatic carbocycles. The number of aromatic amines is 1. The molecule has 164 valence electrons. The minimum atomic E-state index is -4.19. The van der Waals surface area contributed by atoms with E-state index >= 15 is 0 Å². The highest BCUT2D eigenvalue weighted by Gasteiger charge is 2.64. The minimum absolute atomic E-state index is 0.0253. The van der Waals surface area contributed by atoms with Crippen molar-refractivity contribution in [2.24, 2.45) is 5.92 Å². The summed E-state index contributed by atoms with van der Waals surface area (Å²) in [6.45, 7) is 3.10. The van der Waals surface area contributed by atoms with Crippen molar-refractivity contribution in [3.63, 3.8) is 0 Å². The van der Waals surface area contributed by atoms with Crippen LogP contribution in [0.1, 0.15) is 41.5 Å². The number of fused-ring (bicyclic) bond motifs is 3. The molecule has 0 unspecified atom stereocenters. The number of amides is 2. The van der Waals surface area contributed by atoms with Gasteiger partial charge in [0.2, 0.25) is 0 Å². The lowest BCUT2D eigenvalue weighted by Crippen LogP contribution is -2.53. The Morgan fingerprint density at radius 2 is 1.81 bits per heavy atom. The first-order chi connectivity index (χ1) is 14.9. The summed E-state index contributed by atoms with van der Waals surface area (Å²) in [5.41, 5.74) is 0.686. The zero-order chi connectivity index (χ0) is 21.4. The van der Waals surface area contributed by atoms with Crippen molar-refractivity contribution in [3.8, 4) is 5.75 Å². The fourth-order valence-electron chi connectivity index (χ4n) is 5.37. The van der Waals surface area contributed by atoms with Crippen molar-refractivity contribution in [3.05, 3.63) is 47.3 Å². The number of ether oxygens (including phenoxy) is 1. The molecule has 2 aromatic rings. The molecule has 3 fully saturated rings. The molecule has 2 saturated heterocycles. The highest BCUT2D eigenvalue weighted by molar-refractivity contribution is 5.76. The van der Waals surface area contributed by atoms with Gasteiger partial charge in [-0.05, 0) is 24.0 Å². The highest BCUT2D eigenvalue weighted by Crippen LogP contribution is 2.59. The Morgan fingerprint density at radius 3 is 2.48 bits per heavy atom. The number of carbonyl (C=O) groups is 1. The summed E-state index contributed by atoms with van der Waals surface area (Å²) >= 11 is 0. The second-order valence-corrected chi connectivity index (χ2v) is 9.32. The van der Waals surface area contributed by atoms with Gasteiger partial charge in [-0.1, -0.05) is 24.3 Å². The fourth-order valence-corrected chi connectivity index (χ4v) is 5.37. The van der Waals surface area contributed by atoms with E-state index in [1.165, 1.54) is 0 Å². The third-order valence-electron chi connectivity index (χ3n) is 7.55. The lowest BCUT2D eigenvalue weighted by Gasteiger charge is -2.41. The number of aromatic nitrogens is 2. The van der Waals surface area contributed by atoms with Crippen LogP contribution in [0.3, 0.4) is 0 Å². The minimum Gasteiger partial charge on any atom is -0.490 e. The summed E-state index contributed by atoms with van der Waals surface area (Å²) < 4.78 is 45.7. The fraction of sp³-hybridized carbons (Fsp3) is 0.545. The Morgan fingerprint density at radius 1 is 1.10 bits per heavy atom. The van der Waals surface area contributed by atoms with Crippen molar-refractivity contribution in [1.29, 1.82) is 0 Å². The maximum atomic E-state index is 13.3. The molecule has 4 heterocycles. The summed E-state index contributed by atoms with van der Waals surface area (Å²) in [6.07, 6.45) is -2.17. The van der Waals surface area contributed by atoms with Crippen LogP contribution in [0.25, 0.3) is 0 Å². The number of alkyl halides is 3. The lowest BCUT2D eigenvalue weighted by molar-refractivity contribution is -0.160. The van der Waals surface area contributed by atoms with Gasteiger partial charge in [0, 0.05) is 43.9 Å². The standard InChI is InChI=1S/C22H23F3N4O2/c23-22(24,25)21(5-6-21)16-3-1-13(2-4-16)14-8-28(9-14)20(30)29-10-15-12-31-18-7-26-27-19(18)17(15)11-29/h1-4,7,14-15,17H,5-6,8-12H2,(H,26,27)/t15-,17-/m1/s1. The molecule has 2 amide bonds. The van der Waals surface area contributed by atoms with Gasteiger partial charge in [-0.25, -0.2) is 4.79 Å². The van der Waals surface area contributed by atoms with E-state index in [0.29, 0.717) is 38.3 Å². The monoisotopic (exact) mass is 432 g/mol. The van der Waals surface area contributed by atoms with E-state index in [1.807, 2.05) is 9.80 Å². The van der Waals surface area contributed by atoms with Crippen molar-refractivity contribution in [2.75, 3.05) is 32.8 Å². The quantitative estimate of drug-likeness (QED) is 0.789. The number of likely N-dealkylation sites (tertiary alicyclic amines) is 2. The van der Waals surface area contributed by atoms with E-state index < -0.39 is 11.6 Å². The SMILES string of the molecule is O=C(N1CC(c2ccc(C3(C(F)(F)F)CC3)cc2)C1)N1C[C@@H]2COc3cn[nH]c3[C@@H]2C1. The molecule has 31 heavy (non-hydrogen) atoms. The largest absolute Gasteiger partial charge is 0.490 e. The number of halogens is 3. The van der Waals surface area contributed by atoms with Crippen LogP contribution in [-0.2, 0) is 5.41 Å². The van der Waals surface area contributed by atoms with Crippen LogP contribution in [0.5, 0.6) is 5.75 Å². The van der Waals surface area contributed by atoms with Gasteiger partial charge < -0.3 is 14.5 Å². The molecular weight excluding hydrogens is 409 g/mol. The van der Waals surface area contributed by atoms with Crippen LogP contribution in [0.2, 0.25) is 0 Å². The molecule has 1 N–H and O–H groups in total. The number of nitrogens with zero attached hydrogens (tertiary/aromatic N) is 3. The van der Waals surface area contributed by atoms with Gasteiger partial charge in [-0.15, -0.1) is 0 Å². The van der Waals surface area contributed by atoms with Crippen molar-refractivity contribution in [2.45, 2.75) is 36.3 Å². The normalized spacial score (nSPS) is 26.7. The lowest BCUT2D eigenvalue weighted by atomic mass is 9.88. The van der Waals surface area contributed by atoms with Crippen molar-refractivity contribution >= 4 is 6.03 Å². The molecule has 4 aliphatic rings. The average Bonchev–Trinajstić information content (AvgIpc) is 3.20. The first-order valence-corrected chi connectivity index (χ1v) is 10.7. The van der Waals surface area contributed by atoms with E-state index in [9.17, 15) is 18.0 Å². The molecule has 1 saturated carbocycles. The van der Waals surface area contributed by atoms with Crippen molar-refractivity contribution in [1.82, 2.24) is 20.0 Å². The van der Waals surface area contributed by atoms with Crippen LogP contribution >= 0.6 is 0 Å². The molecule has 3 aliphatic heterocycles. The van der Waals surface area contributed by atoms with Gasteiger partial charge in [0.1, 0.15) is 0 Å². The summed E-state index contributed by atoms with van der Waals surface area (Å²) in [7, 11) is 0. The molecule has 6 rings (SSSR count). The third kappa shape index (κ3) is 2.85. The first-order valence-electron chi connectivity index (χ1n) is 10.7. The number of rotatable bonds is 2. The summed E-state index contributed by atoms with van der Waals surface area (Å²) in [5, 5.41) is 7.06. The number of urea groups is 1. The first kappa shape index (κ1) is 19.0. The molecule has 0 radical (unpaired) electrons. The topological polar surface area (TPSA) is 61.5 Å². The Labute approximate surface area is 177 Å². The van der Waals surface area contributed by atoms with E-state index in [1.54, 1.807) is 30.5 Å². The predicted molar refractivity (Wildman–Crippen MR) is 105 cm³/mol. The number of hydrogen-bond donors (Lipinski definition) is 1. The molecule has 2 atom stereocenters. The van der Waals surface area contributed by atoms with Crippen molar-refractivity contribution < 1.29 is 22.7 Å². The summed E-state index contributed by atoms with van der Waals surface area (Å²) in [4.78, 5) is 16.7. The molecule has 6 nitrogen and oxygen atoms in total. The molecule has 1 aliphatic carbocycles. The van der Waals surface area contributed by atoms with Crippen LogP contribution in [-0.4, -0.2) is 65.0 Å². The van der Waals surface area contributed by atoms with Crippen LogP contribution < -0.4 is 4.74 Å². The second-order valence-electron chi connectivity index (χ2n) is 9.32. The van der Waals surface area contributed by atoms with Crippen LogP contribution in [0.15, 0.2) is 30.5 Å². The number of benzene rings is 1. The molecular formula is C22H23F3N4O2. The highest BCUT2D eigenvalue weighted by atomic mass is 19.4. The van der Waals surface area contributed by atoms with Crippen LogP contribution in [0, 0.1) is 5.92 Å². The summed E-state index contributed by atoms with van der Waals surface area (Å²) in [5.74, 6) is 1.45. The Hall–Kier alpha value is -2.71. The zero-order valence-corrected chi connectivity index (χ0v) is 16.9. The van der Waals surface area contributed by atoms with Gasteiger partial charge >= 0.3 is 12.2 Å². The number of nitrogens with one attached hydrogen (secondary N) is 1. The predicted octanol–water partition coefficient (Wildman–Crippen LogP) is 3.63. The Kier molecular flexibility index (Phi) is 3.92. The molecule has 1 aromatic heterocycles. The molecule has 9 heteroatoms. The Balaban J connectivity index is 1.08.